The second-order valence-corrected chi connectivity index (χ2v) is 3.03. The van der Waals surface area contributed by atoms with E-state index < -0.39 is 18.0 Å². The van der Waals surface area contributed by atoms with Crippen molar-refractivity contribution >= 4 is 0 Å². The van der Waals surface area contributed by atoms with Gasteiger partial charge in [-0.25, -0.2) is 4.39 Å². The molecule has 2 N–H and O–H groups in total. The molecular formula is C9H9F4N. The normalized spacial score (nSPS) is 14.1. The maximum Gasteiger partial charge on any atom is 0.407 e. The summed E-state index contributed by atoms with van der Waals surface area (Å²) in [5.41, 5.74) is 4.93. The van der Waals surface area contributed by atoms with Gasteiger partial charge in [0.2, 0.25) is 0 Å². The number of hydrogen-bond donors (Lipinski definition) is 1. The van der Waals surface area contributed by atoms with Gasteiger partial charge in [-0.05, 0) is 24.1 Å². The average molecular weight is 207 g/mol. The van der Waals surface area contributed by atoms with E-state index in [1.165, 1.54) is 19.1 Å². The molecule has 78 valence electrons. The minimum Gasteiger partial charge on any atom is -0.316 e. The van der Waals surface area contributed by atoms with Gasteiger partial charge in [0.15, 0.2) is 0 Å². The summed E-state index contributed by atoms with van der Waals surface area (Å²) in [6, 6.07) is 1.14. The Hall–Kier alpha value is -1.10. The number of nitrogens with two attached hydrogens (primary N) is 1. The van der Waals surface area contributed by atoms with Gasteiger partial charge in [0, 0.05) is 0 Å². The van der Waals surface area contributed by atoms with Crippen molar-refractivity contribution in [3.63, 3.8) is 0 Å². The highest BCUT2D eigenvalue weighted by Crippen LogP contribution is 2.30. The van der Waals surface area contributed by atoms with Crippen molar-refractivity contribution < 1.29 is 17.6 Å². The molecular weight excluding hydrogens is 198 g/mol. The summed E-state index contributed by atoms with van der Waals surface area (Å²) in [6.45, 7) is 1.47. The van der Waals surface area contributed by atoms with E-state index in [4.69, 9.17) is 5.73 Å². The predicted molar refractivity (Wildman–Crippen MR) is 44.1 cm³/mol. The molecule has 0 saturated heterocycles. The Bertz CT molecular complexity index is 332. The molecule has 1 atom stereocenters. The molecule has 0 spiro atoms. The molecule has 1 aromatic rings. The van der Waals surface area contributed by atoms with E-state index in [1.54, 1.807) is 0 Å². The summed E-state index contributed by atoms with van der Waals surface area (Å²) in [4.78, 5) is 0. The van der Waals surface area contributed by atoms with Gasteiger partial charge in [-0.3, -0.25) is 0 Å². The summed E-state index contributed by atoms with van der Waals surface area (Å²) in [5.74, 6) is -0.679. The van der Waals surface area contributed by atoms with Crippen LogP contribution in [0.3, 0.4) is 0 Å². The van der Waals surface area contributed by atoms with E-state index >= 15 is 0 Å². The van der Waals surface area contributed by atoms with Gasteiger partial charge in [0.05, 0.1) is 0 Å². The molecule has 0 unspecified atom stereocenters. The van der Waals surface area contributed by atoms with Crippen LogP contribution >= 0.6 is 0 Å². The van der Waals surface area contributed by atoms with Gasteiger partial charge in [-0.1, -0.05) is 12.1 Å². The summed E-state index contributed by atoms with van der Waals surface area (Å²) in [6.07, 6.45) is -4.54. The van der Waals surface area contributed by atoms with E-state index in [2.05, 4.69) is 0 Å². The Morgan fingerprint density at radius 1 is 1.29 bits per heavy atom. The number of halogens is 4. The second-order valence-electron chi connectivity index (χ2n) is 3.03. The van der Waals surface area contributed by atoms with Gasteiger partial charge in [0.1, 0.15) is 11.9 Å². The Morgan fingerprint density at radius 2 is 1.86 bits per heavy atom. The first-order valence-corrected chi connectivity index (χ1v) is 3.90. The summed E-state index contributed by atoms with van der Waals surface area (Å²) >= 11 is 0. The van der Waals surface area contributed by atoms with Crippen molar-refractivity contribution in [2.75, 3.05) is 0 Å². The SMILES string of the molecule is Cc1ccc([C@H](N)C(F)(F)F)cc1F. The third kappa shape index (κ3) is 2.23. The first kappa shape index (κ1) is 11.0. The van der Waals surface area contributed by atoms with Crippen molar-refractivity contribution in [1.29, 1.82) is 0 Å². The van der Waals surface area contributed by atoms with Crippen LogP contribution < -0.4 is 5.73 Å². The fraction of sp³-hybridized carbons (Fsp3) is 0.333. The average Bonchev–Trinajstić information content (AvgIpc) is 2.07. The van der Waals surface area contributed by atoms with Crippen molar-refractivity contribution in [3.05, 3.63) is 35.1 Å². The second kappa shape index (κ2) is 3.57. The lowest BCUT2D eigenvalue weighted by molar-refractivity contribution is -0.149. The van der Waals surface area contributed by atoms with Crippen molar-refractivity contribution in [3.8, 4) is 0 Å². The van der Waals surface area contributed by atoms with E-state index in [1.807, 2.05) is 0 Å². The van der Waals surface area contributed by atoms with Crippen LogP contribution in [0.15, 0.2) is 18.2 Å². The molecule has 1 nitrogen and oxygen atoms in total. The standard InChI is InChI=1S/C9H9F4N/c1-5-2-3-6(4-7(5)10)8(14)9(11,12)13/h2-4,8H,14H2,1H3/t8-/m0/s1. The van der Waals surface area contributed by atoms with Gasteiger partial charge < -0.3 is 5.73 Å². The molecule has 0 bridgehead atoms. The number of hydrogen-bond acceptors (Lipinski definition) is 1. The van der Waals surface area contributed by atoms with E-state index in [0.717, 1.165) is 6.07 Å². The fourth-order valence-electron chi connectivity index (χ4n) is 0.992. The maximum absolute atomic E-state index is 12.9. The largest absolute Gasteiger partial charge is 0.407 e. The van der Waals surface area contributed by atoms with Gasteiger partial charge in [-0.2, -0.15) is 13.2 Å². The van der Waals surface area contributed by atoms with E-state index in [9.17, 15) is 17.6 Å². The Morgan fingerprint density at radius 3 is 2.29 bits per heavy atom. The lowest BCUT2D eigenvalue weighted by atomic mass is 10.1. The monoisotopic (exact) mass is 207 g/mol. The van der Waals surface area contributed by atoms with Crippen molar-refractivity contribution in [2.45, 2.75) is 19.1 Å². The van der Waals surface area contributed by atoms with Crippen LogP contribution in [0.2, 0.25) is 0 Å². The molecule has 1 aromatic carbocycles. The molecule has 0 radical (unpaired) electrons. The van der Waals surface area contributed by atoms with Gasteiger partial charge in [0.25, 0.3) is 0 Å². The topological polar surface area (TPSA) is 26.0 Å². The molecule has 0 aliphatic carbocycles. The highest BCUT2D eigenvalue weighted by Gasteiger charge is 2.37. The van der Waals surface area contributed by atoms with Crippen LogP contribution in [0.4, 0.5) is 17.6 Å². The van der Waals surface area contributed by atoms with E-state index in [0.29, 0.717) is 5.56 Å². The molecule has 0 aliphatic rings. The molecule has 0 heterocycles. The fourth-order valence-corrected chi connectivity index (χ4v) is 0.992. The summed E-state index contributed by atoms with van der Waals surface area (Å²) in [5, 5.41) is 0. The van der Waals surface area contributed by atoms with Crippen molar-refractivity contribution in [2.24, 2.45) is 5.73 Å². The van der Waals surface area contributed by atoms with Crippen LogP contribution in [-0.2, 0) is 0 Å². The number of aryl methyl sites for hydroxylation is 1. The minimum atomic E-state index is -4.54. The first-order valence-electron chi connectivity index (χ1n) is 3.90. The van der Waals surface area contributed by atoms with Crippen LogP contribution in [0.1, 0.15) is 17.2 Å². The lowest BCUT2D eigenvalue weighted by Crippen LogP contribution is -2.28. The van der Waals surface area contributed by atoms with Gasteiger partial charge in [-0.15, -0.1) is 0 Å². The van der Waals surface area contributed by atoms with Crippen LogP contribution in [0, 0.1) is 12.7 Å². The maximum atomic E-state index is 12.9. The molecule has 5 heteroatoms. The summed E-state index contributed by atoms with van der Waals surface area (Å²) in [7, 11) is 0. The van der Waals surface area contributed by atoms with Crippen LogP contribution in [0.5, 0.6) is 0 Å². The highest BCUT2D eigenvalue weighted by atomic mass is 19.4. The molecule has 0 amide bonds. The number of rotatable bonds is 1. The first-order chi connectivity index (χ1) is 6.32. The predicted octanol–water partition coefficient (Wildman–Crippen LogP) is 2.70. The molecule has 0 aliphatic heterocycles. The van der Waals surface area contributed by atoms with Crippen molar-refractivity contribution in [1.82, 2.24) is 0 Å². The third-order valence-corrected chi connectivity index (χ3v) is 1.91. The highest BCUT2D eigenvalue weighted by molar-refractivity contribution is 5.26. The summed E-state index contributed by atoms with van der Waals surface area (Å²) < 4.78 is 49.3. The molecule has 0 saturated carbocycles. The van der Waals surface area contributed by atoms with Crippen LogP contribution in [-0.4, -0.2) is 6.18 Å². The van der Waals surface area contributed by atoms with Gasteiger partial charge >= 0.3 is 6.18 Å². The molecule has 0 fully saturated rings. The van der Waals surface area contributed by atoms with E-state index in [-0.39, 0.29) is 5.56 Å². The zero-order valence-electron chi connectivity index (χ0n) is 7.40. The minimum absolute atomic E-state index is 0.263. The molecule has 0 aromatic heterocycles. The molecule has 14 heavy (non-hydrogen) atoms. The number of alkyl halides is 3. The third-order valence-electron chi connectivity index (χ3n) is 1.91. The quantitative estimate of drug-likeness (QED) is 0.704. The smallest absolute Gasteiger partial charge is 0.316 e. The Kier molecular flexibility index (Phi) is 2.80. The zero-order valence-corrected chi connectivity index (χ0v) is 7.40. The molecule has 1 rings (SSSR count). The Labute approximate surface area is 78.5 Å². The Balaban J connectivity index is 3.03. The lowest BCUT2D eigenvalue weighted by Gasteiger charge is -2.16. The number of benzene rings is 1. The van der Waals surface area contributed by atoms with Crippen LogP contribution in [0.25, 0.3) is 0 Å². The zero-order chi connectivity index (χ0) is 10.9.